The number of carbonyl (C=O) groups excluding carboxylic acids is 1. The van der Waals surface area contributed by atoms with Gasteiger partial charge in [0, 0.05) is 15.8 Å². The number of hydrogen-bond acceptors (Lipinski definition) is 8. The van der Waals surface area contributed by atoms with E-state index in [1.807, 2.05) is 12.3 Å². The van der Waals surface area contributed by atoms with Crippen molar-refractivity contribution in [2.45, 2.75) is 21.4 Å². The van der Waals surface area contributed by atoms with Crippen LogP contribution in [-0.2, 0) is 10.5 Å². The van der Waals surface area contributed by atoms with Crippen LogP contribution >= 0.6 is 46.2 Å². The van der Waals surface area contributed by atoms with Gasteiger partial charge >= 0.3 is 5.97 Å². The van der Waals surface area contributed by atoms with Crippen LogP contribution in [-0.4, -0.2) is 29.0 Å². The van der Waals surface area contributed by atoms with Gasteiger partial charge in [0.25, 0.3) is 0 Å². The summed E-state index contributed by atoms with van der Waals surface area (Å²) in [6.45, 7) is 2.04. The number of aromatic nitrogens is 2. The number of carbonyl (C=O) groups is 1. The van der Waals surface area contributed by atoms with E-state index < -0.39 is 5.97 Å². The smallest absolute Gasteiger partial charge is 0.348 e. The Bertz CT molecular complexity index is 878. The maximum absolute atomic E-state index is 14.3. The summed E-state index contributed by atoms with van der Waals surface area (Å²) in [5.41, 5.74) is 0.664. The molecule has 2 aromatic heterocycles. The maximum atomic E-state index is 14.3. The molecule has 1 aromatic carbocycles. The minimum Gasteiger partial charge on any atom is -0.462 e. The Labute approximate surface area is 154 Å². The highest BCUT2D eigenvalue weighted by atomic mass is 32.2. The van der Waals surface area contributed by atoms with Gasteiger partial charge in [-0.15, -0.1) is 21.5 Å². The third kappa shape index (κ3) is 3.58. The first-order chi connectivity index (χ1) is 11.6. The highest BCUT2D eigenvalue weighted by Gasteiger charge is 2.22. The van der Waals surface area contributed by atoms with Crippen LogP contribution in [0.2, 0.25) is 0 Å². The van der Waals surface area contributed by atoms with Gasteiger partial charge < -0.3 is 4.74 Å². The molecule has 0 saturated carbocycles. The maximum Gasteiger partial charge on any atom is 0.348 e. The summed E-state index contributed by atoms with van der Waals surface area (Å²) in [5, 5.41) is 8.65. The molecule has 2 heterocycles. The number of benzene rings is 1. The predicted molar refractivity (Wildman–Crippen MR) is 99.0 cm³/mol. The lowest BCUT2D eigenvalue weighted by molar-refractivity contribution is 0.0531. The minimum atomic E-state index is -0.407. The molecule has 0 fully saturated rings. The molecule has 0 atom stereocenters. The van der Waals surface area contributed by atoms with E-state index in [1.54, 1.807) is 13.0 Å². The summed E-state index contributed by atoms with van der Waals surface area (Å²) in [7, 11) is 0. The Morgan fingerprint density at radius 1 is 1.29 bits per heavy atom. The van der Waals surface area contributed by atoms with Crippen molar-refractivity contribution >= 4 is 62.3 Å². The summed E-state index contributed by atoms with van der Waals surface area (Å²) >= 11 is 5.74. The monoisotopic (exact) mass is 400 g/mol. The van der Waals surface area contributed by atoms with Gasteiger partial charge in [-0.25, -0.2) is 9.18 Å². The van der Waals surface area contributed by atoms with Crippen LogP contribution in [0.1, 0.15) is 22.2 Å². The quantitative estimate of drug-likeness (QED) is 0.425. The van der Waals surface area contributed by atoms with E-state index in [1.165, 1.54) is 52.3 Å². The van der Waals surface area contributed by atoms with Crippen LogP contribution in [0.25, 0.3) is 10.1 Å². The molecule has 4 nitrogen and oxygen atoms in total. The number of nitrogens with zero attached hydrogens (tertiary/aromatic N) is 2. The number of esters is 1. The van der Waals surface area contributed by atoms with Crippen LogP contribution in [0.15, 0.2) is 26.9 Å². The fourth-order valence-corrected chi connectivity index (χ4v) is 5.83. The normalized spacial score (nSPS) is 11.1. The fraction of sp³-hybridized carbons (Fsp3) is 0.267. The Morgan fingerprint density at radius 3 is 2.79 bits per heavy atom. The third-order valence-electron chi connectivity index (χ3n) is 3.13. The topological polar surface area (TPSA) is 52.1 Å². The second kappa shape index (κ2) is 7.81. The second-order valence-corrected chi connectivity index (χ2v) is 8.88. The van der Waals surface area contributed by atoms with Gasteiger partial charge in [-0.3, -0.25) is 0 Å². The van der Waals surface area contributed by atoms with Gasteiger partial charge in [0.15, 0.2) is 8.68 Å². The summed E-state index contributed by atoms with van der Waals surface area (Å²) in [4.78, 5) is 12.7. The zero-order valence-electron chi connectivity index (χ0n) is 12.9. The highest BCUT2D eigenvalue weighted by Crippen LogP contribution is 2.38. The Morgan fingerprint density at radius 2 is 2.08 bits per heavy atom. The van der Waals surface area contributed by atoms with Crippen LogP contribution in [0.5, 0.6) is 0 Å². The molecule has 24 heavy (non-hydrogen) atoms. The largest absolute Gasteiger partial charge is 0.462 e. The van der Waals surface area contributed by atoms with Crippen molar-refractivity contribution in [2.75, 3.05) is 12.9 Å². The molecule has 9 heteroatoms. The van der Waals surface area contributed by atoms with Gasteiger partial charge in [-0.05, 0) is 30.9 Å². The lowest BCUT2D eigenvalue weighted by atomic mass is 10.1. The van der Waals surface area contributed by atoms with Crippen molar-refractivity contribution in [3.63, 3.8) is 0 Å². The zero-order valence-corrected chi connectivity index (χ0v) is 16.1. The molecule has 0 unspecified atom stereocenters. The average Bonchev–Trinajstić information content (AvgIpc) is 3.18. The van der Waals surface area contributed by atoms with Crippen molar-refractivity contribution in [1.29, 1.82) is 0 Å². The van der Waals surface area contributed by atoms with Crippen molar-refractivity contribution in [3.05, 3.63) is 34.5 Å². The average molecular weight is 401 g/mol. The van der Waals surface area contributed by atoms with E-state index in [2.05, 4.69) is 10.2 Å². The molecule has 0 bridgehead atoms. The van der Waals surface area contributed by atoms with Crippen LogP contribution < -0.4 is 0 Å². The van der Waals surface area contributed by atoms with Gasteiger partial charge in [0.05, 0.1) is 6.61 Å². The SMILES string of the molecule is CCOC(=O)c1sc2cccc(F)c2c1CSc1nnc(SC)s1. The summed E-state index contributed by atoms with van der Waals surface area (Å²) in [6.07, 6.45) is 1.94. The molecule has 0 amide bonds. The molecule has 3 aromatic rings. The van der Waals surface area contributed by atoms with E-state index in [0.29, 0.717) is 21.6 Å². The van der Waals surface area contributed by atoms with Gasteiger partial charge in [-0.1, -0.05) is 40.9 Å². The predicted octanol–water partition coefficient (Wildman–Crippen LogP) is 5.08. The van der Waals surface area contributed by atoms with E-state index in [4.69, 9.17) is 4.74 Å². The molecule has 0 N–H and O–H groups in total. The third-order valence-corrected chi connectivity index (χ3v) is 7.36. The minimum absolute atomic E-state index is 0.287. The molecule has 0 aliphatic carbocycles. The molecular weight excluding hydrogens is 387 g/mol. The lowest BCUT2D eigenvalue weighted by Crippen LogP contribution is -2.04. The number of thiophene rings is 1. The van der Waals surface area contributed by atoms with Gasteiger partial charge in [-0.2, -0.15) is 0 Å². The standard InChI is InChI=1S/C15H13FN2O2S4/c1-3-20-13(19)12-8(7-22-15-18-17-14(21-2)24-15)11-9(16)5-4-6-10(11)23-12/h4-6H,3,7H2,1-2H3. The first-order valence-corrected chi connectivity index (χ1v) is 10.9. The van der Waals surface area contributed by atoms with E-state index >= 15 is 0 Å². The number of ether oxygens (including phenoxy) is 1. The fourth-order valence-electron chi connectivity index (χ4n) is 2.14. The Kier molecular flexibility index (Phi) is 5.75. The number of rotatable bonds is 6. The molecule has 3 rings (SSSR count). The van der Waals surface area contributed by atoms with E-state index in [-0.39, 0.29) is 12.4 Å². The lowest BCUT2D eigenvalue weighted by Gasteiger charge is -2.04. The number of halogens is 1. The molecule has 0 saturated heterocycles. The molecule has 0 spiro atoms. The number of fused-ring (bicyclic) bond motifs is 1. The molecule has 0 aliphatic rings. The summed E-state index contributed by atoms with van der Waals surface area (Å²) in [5.74, 6) is -0.286. The van der Waals surface area contributed by atoms with Gasteiger partial charge in [0.1, 0.15) is 10.7 Å². The van der Waals surface area contributed by atoms with Crippen molar-refractivity contribution in [3.8, 4) is 0 Å². The first-order valence-electron chi connectivity index (χ1n) is 7.01. The molecule has 126 valence electrons. The van der Waals surface area contributed by atoms with Crippen molar-refractivity contribution in [2.24, 2.45) is 0 Å². The first kappa shape index (κ1) is 17.7. The van der Waals surface area contributed by atoms with Gasteiger partial charge in [0.2, 0.25) is 0 Å². The van der Waals surface area contributed by atoms with Crippen LogP contribution in [0.4, 0.5) is 4.39 Å². The Balaban J connectivity index is 1.97. The summed E-state index contributed by atoms with van der Waals surface area (Å²) < 4.78 is 21.9. The Hall–Kier alpha value is -1.16. The molecular formula is C15H13FN2O2S4. The second-order valence-electron chi connectivity index (χ2n) is 4.57. The zero-order chi connectivity index (χ0) is 17.1. The highest BCUT2D eigenvalue weighted by molar-refractivity contribution is 8.02. The molecule has 0 radical (unpaired) electrons. The van der Waals surface area contributed by atoms with E-state index in [0.717, 1.165) is 13.4 Å². The number of thioether (sulfide) groups is 2. The van der Waals surface area contributed by atoms with Crippen LogP contribution in [0.3, 0.4) is 0 Å². The van der Waals surface area contributed by atoms with E-state index in [9.17, 15) is 9.18 Å². The van der Waals surface area contributed by atoms with Crippen molar-refractivity contribution in [1.82, 2.24) is 10.2 Å². The van der Waals surface area contributed by atoms with Crippen molar-refractivity contribution < 1.29 is 13.9 Å². The van der Waals surface area contributed by atoms with Crippen LogP contribution in [0, 0.1) is 5.82 Å². The molecule has 0 aliphatic heterocycles. The summed E-state index contributed by atoms with van der Waals surface area (Å²) in [6, 6.07) is 4.88. The number of hydrogen-bond donors (Lipinski definition) is 0.